The molecule has 0 aliphatic carbocycles. The van der Waals surface area contributed by atoms with Crippen molar-refractivity contribution < 1.29 is 4.79 Å². The number of carbonyl (C=O) groups excluding carboxylic acids is 1. The molecule has 2 rings (SSSR count). The molecule has 0 saturated carbocycles. The van der Waals surface area contributed by atoms with E-state index in [0.717, 1.165) is 10.5 Å². The van der Waals surface area contributed by atoms with Crippen LogP contribution in [0.4, 0.5) is 0 Å². The van der Waals surface area contributed by atoms with Crippen molar-refractivity contribution in [1.29, 1.82) is 0 Å². The molecule has 0 aromatic heterocycles. The third-order valence-corrected chi connectivity index (χ3v) is 5.03. The van der Waals surface area contributed by atoms with Gasteiger partial charge in [0.05, 0.1) is 0 Å². The summed E-state index contributed by atoms with van der Waals surface area (Å²) in [6.45, 7) is 3.79. The van der Waals surface area contributed by atoms with Gasteiger partial charge in [0, 0.05) is 20.2 Å². The maximum Gasteiger partial charge on any atom is 0.159 e. The molecular weight excluding hydrogens is 284 g/mol. The average molecular weight is 302 g/mol. The van der Waals surface area contributed by atoms with Crippen LogP contribution >= 0.6 is 23.5 Å². The predicted molar refractivity (Wildman–Crippen MR) is 88.0 cm³/mol. The van der Waals surface area contributed by atoms with Crippen LogP contribution in [0.25, 0.3) is 0 Å². The lowest BCUT2D eigenvalue weighted by atomic mass is 10.2. The first-order valence-electron chi connectivity index (χ1n) is 6.71. The number of ketones is 1. The van der Waals surface area contributed by atoms with Crippen molar-refractivity contribution in [2.24, 2.45) is 0 Å². The quantitative estimate of drug-likeness (QED) is 0.515. The summed E-state index contributed by atoms with van der Waals surface area (Å²) in [6, 6.07) is 16.4. The Kier molecular flexibility index (Phi) is 5.74. The van der Waals surface area contributed by atoms with Gasteiger partial charge >= 0.3 is 0 Å². The average Bonchev–Trinajstić information content (AvgIpc) is 2.47. The minimum absolute atomic E-state index is 0.110. The van der Waals surface area contributed by atoms with E-state index < -0.39 is 0 Å². The Bertz CT molecular complexity index is 559. The van der Waals surface area contributed by atoms with Crippen LogP contribution in [-0.2, 0) is 0 Å². The maximum absolute atomic E-state index is 11.2. The van der Waals surface area contributed by atoms with Crippen LogP contribution in [0.1, 0.15) is 30.6 Å². The molecule has 1 nitrogen and oxygen atoms in total. The molecule has 0 aliphatic heterocycles. The Labute approximate surface area is 129 Å². The van der Waals surface area contributed by atoms with E-state index in [1.165, 1.54) is 22.0 Å². The Hall–Kier alpha value is -1.19. The number of carbonyl (C=O) groups is 1. The van der Waals surface area contributed by atoms with Crippen molar-refractivity contribution in [3.05, 3.63) is 54.1 Å². The van der Waals surface area contributed by atoms with Crippen LogP contribution in [0, 0.1) is 0 Å². The summed E-state index contributed by atoms with van der Waals surface area (Å²) < 4.78 is 0. The second-order valence-electron chi connectivity index (χ2n) is 4.50. The molecule has 0 aliphatic rings. The van der Waals surface area contributed by atoms with E-state index >= 15 is 0 Å². The summed E-state index contributed by atoms with van der Waals surface area (Å²) in [7, 11) is 0. The molecule has 0 saturated heterocycles. The topological polar surface area (TPSA) is 17.1 Å². The van der Waals surface area contributed by atoms with Gasteiger partial charge in [0.15, 0.2) is 5.78 Å². The molecule has 0 radical (unpaired) electrons. The lowest BCUT2D eigenvalue weighted by Gasteiger charge is -2.04. The van der Waals surface area contributed by atoms with E-state index in [4.69, 9.17) is 0 Å². The minimum Gasteiger partial charge on any atom is -0.295 e. The van der Waals surface area contributed by atoms with E-state index in [0.29, 0.717) is 0 Å². The number of hydrogen-bond acceptors (Lipinski definition) is 3. The first kappa shape index (κ1) is 15.2. The molecule has 2 aromatic carbocycles. The van der Waals surface area contributed by atoms with E-state index in [2.05, 4.69) is 31.2 Å². The Morgan fingerprint density at radius 3 is 1.90 bits per heavy atom. The van der Waals surface area contributed by atoms with Crippen molar-refractivity contribution in [2.45, 2.75) is 35.0 Å². The smallest absolute Gasteiger partial charge is 0.159 e. The van der Waals surface area contributed by atoms with Crippen LogP contribution in [0.5, 0.6) is 0 Å². The van der Waals surface area contributed by atoms with Gasteiger partial charge in [0.2, 0.25) is 0 Å². The van der Waals surface area contributed by atoms with Gasteiger partial charge in [-0.2, -0.15) is 0 Å². The highest BCUT2D eigenvalue weighted by Gasteiger charge is 2.01. The normalized spacial score (nSPS) is 10.5. The molecule has 0 unspecified atom stereocenters. The Morgan fingerprint density at radius 1 is 0.900 bits per heavy atom. The number of rotatable bonds is 6. The van der Waals surface area contributed by atoms with Crippen LogP contribution in [0.2, 0.25) is 0 Å². The van der Waals surface area contributed by atoms with Crippen molar-refractivity contribution in [1.82, 2.24) is 0 Å². The fourth-order valence-corrected chi connectivity index (χ4v) is 3.30. The Balaban J connectivity index is 2.00. The van der Waals surface area contributed by atoms with Crippen LogP contribution in [-0.4, -0.2) is 11.5 Å². The van der Waals surface area contributed by atoms with E-state index in [9.17, 15) is 4.79 Å². The molecule has 20 heavy (non-hydrogen) atoms. The molecule has 0 heterocycles. The van der Waals surface area contributed by atoms with Crippen LogP contribution in [0.15, 0.2) is 63.2 Å². The van der Waals surface area contributed by atoms with Gasteiger partial charge in [-0.3, -0.25) is 4.79 Å². The van der Waals surface area contributed by atoms with E-state index in [-0.39, 0.29) is 5.78 Å². The van der Waals surface area contributed by atoms with Crippen molar-refractivity contribution in [2.75, 3.05) is 5.75 Å². The zero-order chi connectivity index (χ0) is 14.4. The first-order chi connectivity index (χ1) is 9.69. The SMILES string of the molecule is CCCSc1ccc(Sc2ccc(C(C)=O)cc2)cc1. The van der Waals surface area contributed by atoms with Crippen LogP contribution in [0.3, 0.4) is 0 Å². The van der Waals surface area contributed by atoms with Gasteiger partial charge in [0.1, 0.15) is 0 Å². The Morgan fingerprint density at radius 2 is 1.40 bits per heavy atom. The van der Waals surface area contributed by atoms with Crippen molar-refractivity contribution in [3.8, 4) is 0 Å². The van der Waals surface area contributed by atoms with Gasteiger partial charge in [-0.1, -0.05) is 30.8 Å². The zero-order valence-corrected chi connectivity index (χ0v) is 13.4. The van der Waals surface area contributed by atoms with E-state index in [1.807, 2.05) is 36.0 Å². The predicted octanol–water partition coefficient (Wildman–Crippen LogP) is 5.54. The molecular formula is C17H18OS2. The fraction of sp³-hybridized carbons (Fsp3) is 0.235. The minimum atomic E-state index is 0.110. The maximum atomic E-state index is 11.2. The highest BCUT2D eigenvalue weighted by molar-refractivity contribution is 7.99. The highest BCUT2D eigenvalue weighted by Crippen LogP contribution is 2.29. The lowest BCUT2D eigenvalue weighted by molar-refractivity contribution is 0.101. The van der Waals surface area contributed by atoms with Crippen molar-refractivity contribution >= 4 is 29.3 Å². The molecule has 2 aromatic rings. The molecule has 0 N–H and O–H groups in total. The van der Waals surface area contributed by atoms with Gasteiger partial charge in [-0.05, 0) is 55.5 Å². The third-order valence-electron chi connectivity index (χ3n) is 2.79. The van der Waals surface area contributed by atoms with E-state index in [1.54, 1.807) is 18.7 Å². The summed E-state index contributed by atoms with van der Waals surface area (Å²) in [6.07, 6.45) is 1.20. The third kappa shape index (κ3) is 4.43. The standard InChI is InChI=1S/C17H18OS2/c1-3-12-19-15-8-10-17(11-9-15)20-16-6-4-14(5-7-16)13(2)18/h4-11H,3,12H2,1-2H3. The van der Waals surface area contributed by atoms with Crippen LogP contribution < -0.4 is 0 Å². The summed E-state index contributed by atoms with van der Waals surface area (Å²) in [5.74, 6) is 1.28. The van der Waals surface area contributed by atoms with Gasteiger partial charge in [-0.15, -0.1) is 11.8 Å². The molecule has 0 fully saturated rings. The van der Waals surface area contributed by atoms with Gasteiger partial charge in [-0.25, -0.2) is 0 Å². The molecule has 0 bridgehead atoms. The van der Waals surface area contributed by atoms with Gasteiger partial charge < -0.3 is 0 Å². The monoisotopic (exact) mass is 302 g/mol. The second kappa shape index (κ2) is 7.55. The molecule has 3 heteroatoms. The molecule has 0 amide bonds. The number of thioether (sulfide) groups is 1. The van der Waals surface area contributed by atoms with Crippen molar-refractivity contribution in [3.63, 3.8) is 0 Å². The highest BCUT2D eigenvalue weighted by atomic mass is 32.2. The largest absolute Gasteiger partial charge is 0.295 e. The summed E-state index contributed by atoms with van der Waals surface area (Å²) in [4.78, 5) is 14.9. The second-order valence-corrected chi connectivity index (χ2v) is 6.82. The number of Topliss-reactive ketones (excluding diaryl/α,β-unsaturated/α-hetero) is 1. The summed E-state index contributed by atoms with van der Waals surface area (Å²) in [5, 5.41) is 0. The summed E-state index contributed by atoms with van der Waals surface area (Å²) in [5.41, 5.74) is 0.765. The van der Waals surface area contributed by atoms with Gasteiger partial charge in [0.25, 0.3) is 0 Å². The summed E-state index contributed by atoms with van der Waals surface area (Å²) >= 11 is 3.61. The number of hydrogen-bond donors (Lipinski definition) is 0. The fourth-order valence-electron chi connectivity index (χ4n) is 1.72. The molecule has 0 atom stereocenters. The zero-order valence-electron chi connectivity index (χ0n) is 11.8. The molecule has 0 spiro atoms. The lowest BCUT2D eigenvalue weighted by Crippen LogP contribution is -1.90. The first-order valence-corrected chi connectivity index (χ1v) is 8.51. The molecule has 104 valence electrons. The number of benzene rings is 2.